The highest BCUT2D eigenvalue weighted by Crippen LogP contribution is 2.12. The molecule has 1 atom stereocenters. The van der Waals surface area contributed by atoms with Crippen LogP contribution in [-0.2, 0) is 39.9 Å². The van der Waals surface area contributed by atoms with E-state index in [4.69, 9.17) is 23.7 Å². The van der Waals surface area contributed by atoms with Gasteiger partial charge in [-0.05, 0) is 59.9 Å². The summed E-state index contributed by atoms with van der Waals surface area (Å²) in [5, 5.41) is 5.22. The molecule has 12 heteroatoms. The Kier molecular flexibility index (Phi) is 14.4. The molecular formula is C28H45N3O9. The summed E-state index contributed by atoms with van der Waals surface area (Å²) in [4.78, 5) is 52.1. The number of amides is 3. The molecule has 0 unspecified atom stereocenters. The van der Waals surface area contributed by atoms with E-state index in [0.29, 0.717) is 6.42 Å². The molecule has 1 aromatic carbocycles. The highest BCUT2D eigenvalue weighted by molar-refractivity contribution is 5.88. The van der Waals surface area contributed by atoms with Gasteiger partial charge in [0.1, 0.15) is 30.4 Å². The van der Waals surface area contributed by atoms with Crippen molar-refractivity contribution in [1.29, 1.82) is 0 Å². The second kappa shape index (κ2) is 16.7. The number of nitrogens with zero attached hydrogens (tertiary/aromatic N) is 1. The molecular weight excluding hydrogens is 522 g/mol. The van der Waals surface area contributed by atoms with Gasteiger partial charge in [0.15, 0.2) is 6.29 Å². The van der Waals surface area contributed by atoms with Gasteiger partial charge in [-0.15, -0.1) is 0 Å². The Morgan fingerprint density at radius 2 is 1.48 bits per heavy atom. The van der Waals surface area contributed by atoms with Crippen molar-refractivity contribution in [3.63, 3.8) is 0 Å². The number of hydrogen-bond acceptors (Lipinski definition) is 9. The maximum atomic E-state index is 13.7. The van der Waals surface area contributed by atoms with Crippen molar-refractivity contribution in [2.45, 2.75) is 84.5 Å². The number of esters is 1. The minimum absolute atomic E-state index is 0.00479. The quantitative estimate of drug-likeness (QED) is 0.150. The fourth-order valence-electron chi connectivity index (χ4n) is 3.38. The molecule has 3 amide bonds. The lowest BCUT2D eigenvalue weighted by Crippen LogP contribution is -2.52. The molecule has 0 spiro atoms. The van der Waals surface area contributed by atoms with E-state index < -0.39 is 54.1 Å². The van der Waals surface area contributed by atoms with Crippen molar-refractivity contribution in [2.24, 2.45) is 0 Å². The highest BCUT2D eigenvalue weighted by atomic mass is 16.7. The third kappa shape index (κ3) is 15.3. The molecule has 1 rings (SSSR count). The van der Waals surface area contributed by atoms with Gasteiger partial charge >= 0.3 is 18.2 Å². The van der Waals surface area contributed by atoms with Crippen LogP contribution in [0.25, 0.3) is 0 Å². The fraction of sp³-hybridized carbons (Fsp3) is 0.643. The van der Waals surface area contributed by atoms with Gasteiger partial charge in [0.05, 0.1) is 6.54 Å². The first-order valence-electron chi connectivity index (χ1n) is 13.1. The van der Waals surface area contributed by atoms with E-state index >= 15 is 0 Å². The van der Waals surface area contributed by atoms with Crippen LogP contribution in [0.4, 0.5) is 9.59 Å². The van der Waals surface area contributed by atoms with Crippen LogP contribution in [0, 0.1) is 0 Å². The van der Waals surface area contributed by atoms with Gasteiger partial charge < -0.3 is 39.2 Å². The van der Waals surface area contributed by atoms with E-state index in [1.165, 1.54) is 19.1 Å². The number of methoxy groups -OCH3 is 2. The summed E-state index contributed by atoms with van der Waals surface area (Å²) in [6.45, 7) is 10.1. The summed E-state index contributed by atoms with van der Waals surface area (Å²) in [7, 11) is 2.81. The topological polar surface area (TPSA) is 142 Å². The Morgan fingerprint density at radius 3 is 2.02 bits per heavy atom. The average Bonchev–Trinajstić information content (AvgIpc) is 2.85. The van der Waals surface area contributed by atoms with Crippen molar-refractivity contribution in [3.8, 4) is 0 Å². The Bertz CT molecular complexity index is 939. The van der Waals surface area contributed by atoms with Crippen molar-refractivity contribution in [2.75, 3.05) is 33.9 Å². The van der Waals surface area contributed by atoms with Crippen molar-refractivity contribution >= 4 is 24.1 Å². The van der Waals surface area contributed by atoms with Gasteiger partial charge in [-0.1, -0.05) is 30.3 Å². The monoisotopic (exact) mass is 567 g/mol. The van der Waals surface area contributed by atoms with Crippen molar-refractivity contribution in [3.05, 3.63) is 35.9 Å². The van der Waals surface area contributed by atoms with Crippen LogP contribution < -0.4 is 10.6 Å². The Labute approximate surface area is 237 Å². The molecule has 0 heterocycles. The molecule has 0 bridgehead atoms. The first kappa shape index (κ1) is 34.6. The number of rotatable bonds is 14. The number of carbonyl (C=O) groups excluding carboxylic acids is 4. The van der Waals surface area contributed by atoms with Crippen LogP contribution >= 0.6 is 0 Å². The summed E-state index contributed by atoms with van der Waals surface area (Å²) in [5.74, 6) is -1.21. The Hall–Kier alpha value is -3.38. The molecule has 0 saturated heterocycles. The fourth-order valence-corrected chi connectivity index (χ4v) is 3.38. The Balaban J connectivity index is 3.01. The van der Waals surface area contributed by atoms with E-state index in [2.05, 4.69) is 10.6 Å². The largest absolute Gasteiger partial charge is 0.459 e. The van der Waals surface area contributed by atoms with Gasteiger partial charge in [-0.25, -0.2) is 9.59 Å². The summed E-state index contributed by atoms with van der Waals surface area (Å²) in [6, 6.07) is 8.00. The molecule has 226 valence electrons. The summed E-state index contributed by atoms with van der Waals surface area (Å²) in [6.07, 6.45) is -1.79. The van der Waals surface area contributed by atoms with Crippen LogP contribution in [-0.4, -0.2) is 86.4 Å². The Morgan fingerprint density at radius 1 is 0.875 bits per heavy atom. The van der Waals surface area contributed by atoms with Gasteiger partial charge in [-0.3, -0.25) is 9.59 Å². The smallest absolute Gasteiger partial charge is 0.408 e. The van der Waals surface area contributed by atoms with Crippen LogP contribution in [0.5, 0.6) is 0 Å². The lowest BCUT2D eigenvalue weighted by molar-refractivity contribution is -0.164. The van der Waals surface area contributed by atoms with Gasteiger partial charge in [0.2, 0.25) is 5.91 Å². The normalized spacial score (nSPS) is 12.3. The zero-order chi connectivity index (χ0) is 30.3. The van der Waals surface area contributed by atoms with Crippen LogP contribution in [0.1, 0.15) is 59.9 Å². The lowest BCUT2D eigenvalue weighted by Gasteiger charge is -2.30. The molecule has 0 aliphatic rings. The molecule has 0 aliphatic heterocycles. The molecule has 0 radical (unpaired) electrons. The van der Waals surface area contributed by atoms with Crippen LogP contribution in [0.3, 0.4) is 0 Å². The molecule has 1 aromatic rings. The number of ether oxygens (including phenoxy) is 5. The second-order valence-corrected chi connectivity index (χ2v) is 11.0. The molecule has 12 nitrogen and oxygen atoms in total. The van der Waals surface area contributed by atoms with E-state index in [9.17, 15) is 19.2 Å². The number of benzene rings is 1. The SMILES string of the molecule is COC(CN(CC(=O)OC(C)(C)C)C(=O)[C@@H](CCCNC(=O)OC(C)(C)C)NC(=O)OCc1ccccc1)OC. The first-order chi connectivity index (χ1) is 18.6. The third-order valence-corrected chi connectivity index (χ3v) is 5.09. The molecule has 2 N–H and O–H groups in total. The first-order valence-corrected chi connectivity index (χ1v) is 13.1. The third-order valence-electron chi connectivity index (χ3n) is 5.09. The molecule has 0 aromatic heterocycles. The number of alkyl carbamates (subject to hydrolysis) is 2. The average molecular weight is 568 g/mol. The van der Waals surface area contributed by atoms with Gasteiger partial charge in [0, 0.05) is 20.8 Å². The molecule has 0 saturated carbocycles. The highest BCUT2D eigenvalue weighted by Gasteiger charge is 2.31. The van der Waals surface area contributed by atoms with Gasteiger partial charge in [-0.2, -0.15) is 0 Å². The van der Waals surface area contributed by atoms with Crippen LogP contribution in [0.15, 0.2) is 30.3 Å². The van der Waals surface area contributed by atoms with E-state index in [1.54, 1.807) is 53.7 Å². The summed E-state index contributed by atoms with van der Waals surface area (Å²) >= 11 is 0. The molecule has 0 fully saturated rings. The number of carbonyl (C=O) groups is 4. The van der Waals surface area contributed by atoms with E-state index in [1.807, 2.05) is 18.2 Å². The predicted octanol–water partition coefficient (Wildman–Crippen LogP) is 3.38. The number of hydrogen-bond donors (Lipinski definition) is 2. The summed E-state index contributed by atoms with van der Waals surface area (Å²) in [5.41, 5.74) is -0.648. The van der Waals surface area contributed by atoms with Crippen LogP contribution in [0.2, 0.25) is 0 Å². The maximum Gasteiger partial charge on any atom is 0.408 e. The van der Waals surface area contributed by atoms with E-state index in [0.717, 1.165) is 5.56 Å². The van der Waals surface area contributed by atoms with E-state index in [-0.39, 0.29) is 26.1 Å². The predicted molar refractivity (Wildman–Crippen MR) is 147 cm³/mol. The lowest BCUT2D eigenvalue weighted by atomic mass is 10.1. The number of nitrogens with one attached hydrogen (secondary N) is 2. The molecule has 0 aliphatic carbocycles. The van der Waals surface area contributed by atoms with Crippen molar-refractivity contribution < 1.29 is 42.9 Å². The van der Waals surface area contributed by atoms with Crippen molar-refractivity contribution in [1.82, 2.24) is 15.5 Å². The summed E-state index contributed by atoms with van der Waals surface area (Å²) < 4.78 is 26.4. The standard InChI is InChI=1S/C28H45N3O9/c1-27(2,3)39-22(32)17-31(18-23(36-7)37-8)24(33)21(15-12-16-29-25(34)40-28(4,5)6)30-26(35)38-19-20-13-10-9-11-14-20/h9-11,13-14,21,23H,12,15-19H2,1-8H3,(H,29,34)(H,30,35)/t21-/m1/s1. The van der Waals surface area contributed by atoms with Gasteiger partial charge in [0.25, 0.3) is 0 Å². The minimum Gasteiger partial charge on any atom is -0.459 e. The second-order valence-electron chi connectivity index (χ2n) is 11.0. The zero-order valence-electron chi connectivity index (χ0n) is 24.9. The maximum absolute atomic E-state index is 13.7. The zero-order valence-corrected chi connectivity index (χ0v) is 24.9. The minimum atomic E-state index is -1.08. The molecule has 40 heavy (non-hydrogen) atoms.